The number of fused-ring (bicyclic) bond motifs is 1. The molecule has 0 aliphatic heterocycles. The van der Waals surface area contributed by atoms with E-state index in [1.165, 1.54) is 5.56 Å². The Labute approximate surface area is 191 Å². The molecule has 31 heavy (non-hydrogen) atoms. The number of hydrogen-bond acceptors (Lipinski definition) is 5. The first-order valence-electron chi connectivity index (χ1n) is 10.3. The highest BCUT2D eigenvalue weighted by Crippen LogP contribution is 2.33. The van der Waals surface area contributed by atoms with Gasteiger partial charge in [0.05, 0.1) is 16.8 Å². The molecule has 4 aromatic rings. The number of carbonyl (C=O) groups excluding carboxylic acids is 1. The summed E-state index contributed by atoms with van der Waals surface area (Å²) in [4.78, 5) is 21.4. The van der Waals surface area contributed by atoms with Gasteiger partial charge in [-0.05, 0) is 55.3 Å². The fraction of sp³-hybridized carbons (Fsp3) is 0.292. The molecule has 0 saturated heterocycles. The summed E-state index contributed by atoms with van der Waals surface area (Å²) in [7, 11) is 0. The lowest BCUT2D eigenvalue weighted by Crippen LogP contribution is -2.34. The van der Waals surface area contributed by atoms with Gasteiger partial charge in [-0.3, -0.25) is 14.4 Å². The molecule has 5 nitrogen and oxygen atoms in total. The Balaban J connectivity index is 1.70. The van der Waals surface area contributed by atoms with Crippen molar-refractivity contribution in [2.24, 2.45) is 0 Å². The largest absolute Gasteiger partial charge is 0.282 e. The minimum atomic E-state index is -0.0354. The predicted molar refractivity (Wildman–Crippen MR) is 130 cm³/mol. The smallest absolute Gasteiger partial charge is 0.260 e. The third kappa shape index (κ3) is 4.99. The molecule has 2 aromatic heterocycles. The van der Waals surface area contributed by atoms with Crippen molar-refractivity contribution in [3.8, 4) is 0 Å². The average molecular weight is 451 g/mol. The Kier molecular flexibility index (Phi) is 6.43. The predicted octanol–water partition coefficient (Wildman–Crippen LogP) is 5.96. The molecule has 0 atom stereocenters. The van der Waals surface area contributed by atoms with Crippen molar-refractivity contribution >= 4 is 44.4 Å². The molecule has 0 aliphatic rings. The van der Waals surface area contributed by atoms with Crippen LogP contribution < -0.4 is 4.90 Å². The van der Waals surface area contributed by atoms with Gasteiger partial charge in [-0.25, -0.2) is 4.98 Å². The monoisotopic (exact) mass is 450 g/mol. The molecule has 0 fully saturated rings. The van der Waals surface area contributed by atoms with Crippen molar-refractivity contribution in [1.29, 1.82) is 0 Å². The van der Waals surface area contributed by atoms with Crippen molar-refractivity contribution in [2.75, 3.05) is 11.4 Å². The van der Waals surface area contributed by atoms with Crippen LogP contribution in [0.5, 0.6) is 0 Å². The van der Waals surface area contributed by atoms with Gasteiger partial charge in [0.2, 0.25) is 0 Å². The molecule has 0 unspecified atom stereocenters. The highest BCUT2D eigenvalue weighted by Gasteiger charge is 2.22. The number of anilines is 1. The minimum Gasteiger partial charge on any atom is -0.282 e. The Morgan fingerprint density at radius 1 is 1.19 bits per heavy atom. The van der Waals surface area contributed by atoms with Gasteiger partial charge in [0.15, 0.2) is 5.13 Å². The molecule has 0 saturated carbocycles. The van der Waals surface area contributed by atoms with Crippen LogP contribution >= 0.6 is 23.1 Å². The molecule has 2 heterocycles. The summed E-state index contributed by atoms with van der Waals surface area (Å²) < 4.78 is 2.95. The fourth-order valence-electron chi connectivity index (χ4n) is 3.52. The van der Waals surface area contributed by atoms with Crippen molar-refractivity contribution in [1.82, 2.24) is 14.8 Å². The highest BCUT2D eigenvalue weighted by atomic mass is 32.2. The van der Waals surface area contributed by atoms with Gasteiger partial charge in [0, 0.05) is 34.6 Å². The molecule has 1 amide bonds. The molecule has 2 aromatic carbocycles. The summed E-state index contributed by atoms with van der Waals surface area (Å²) in [6.45, 7) is 9.57. The van der Waals surface area contributed by atoms with E-state index in [2.05, 4.69) is 51.0 Å². The van der Waals surface area contributed by atoms with Crippen LogP contribution in [-0.2, 0) is 6.54 Å². The first kappa shape index (κ1) is 21.6. The van der Waals surface area contributed by atoms with Gasteiger partial charge in [0.1, 0.15) is 0 Å². The standard InChI is InChI=1S/C24H26N4OS2/c1-16(2)30-20-8-5-7-19(15-20)23(29)28(12-11-27-10-6-9-25-27)24-26-22-18(4)13-17(3)14-21(22)31-24/h5-10,13-16H,11-12H2,1-4H3. The zero-order valence-electron chi connectivity index (χ0n) is 18.2. The van der Waals surface area contributed by atoms with Crippen molar-refractivity contribution < 1.29 is 4.79 Å². The van der Waals surface area contributed by atoms with E-state index in [9.17, 15) is 4.79 Å². The molecule has 0 bridgehead atoms. The number of rotatable bonds is 7. The van der Waals surface area contributed by atoms with E-state index in [0.29, 0.717) is 23.9 Å². The molecule has 0 radical (unpaired) electrons. The van der Waals surface area contributed by atoms with Gasteiger partial charge in [-0.15, -0.1) is 11.8 Å². The first-order chi connectivity index (χ1) is 14.9. The molecular weight excluding hydrogens is 424 g/mol. The second kappa shape index (κ2) is 9.24. The van der Waals surface area contributed by atoms with Crippen LogP contribution in [0, 0.1) is 13.8 Å². The SMILES string of the molecule is Cc1cc(C)c2nc(N(CCn3cccn3)C(=O)c3cccc(SC(C)C)c3)sc2c1. The van der Waals surface area contributed by atoms with E-state index in [4.69, 9.17) is 4.98 Å². The Morgan fingerprint density at radius 3 is 2.77 bits per heavy atom. The van der Waals surface area contributed by atoms with Gasteiger partial charge in [0.25, 0.3) is 5.91 Å². The number of aryl methyl sites for hydroxylation is 2. The van der Waals surface area contributed by atoms with Crippen molar-refractivity contribution in [2.45, 2.75) is 44.4 Å². The molecule has 0 spiro atoms. The number of aromatic nitrogens is 3. The van der Waals surface area contributed by atoms with Gasteiger partial charge in [-0.1, -0.05) is 37.3 Å². The summed E-state index contributed by atoms with van der Waals surface area (Å²) in [6, 6.07) is 14.0. The van der Waals surface area contributed by atoms with Gasteiger partial charge in [-0.2, -0.15) is 5.10 Å². The van der Waals surface area contributed by atoms with Crippen LogP contribution in [0.4, 0.5) is 5.13 Å². The molecular formula is C24H26N4OS2. The van der Waals surface area contributed by atoms with Crippen LogP contribution in [0.2, 0.25) is 0 Å². The number of amides is 1. The van der Waals surface area contributed by atoms with E-state index in [1.54, 1.807) is 34.2 Å². The minimum absolute atomic E-state index is 0.0354. The van der Waals surface area contributed by atoms with Crippen molar-refractivity contribution in [3.05, 3.63) is 71.5 Å². The maximum absolute atomic E-state index is 13.6. The topological polar surface area (TPSA) is 51.0 Å². The lowest BCUT2D eigenvalue weighted by atomic mass is 10.1. The van der Waals surface area contributed by atoms with Crippen LogP contribution in [-0.4, -0.2) is 32.5 Å². The van der Waals surface area contributed by atoms with Gasteiger partial charge < -0.3 is 0 Å². The van der Waals surface area contributed by atoms with Crippen LogP contribution in [0.15, 0.2) is 59.8 Å². The summed E-state index contributed by atoms with van der Waals surface area (Å²) in [6.07, 6.45) is 3.66. The average Bonchev–Trinajstić information content (AvgIpc) is 3.38. The molecule has 4 rings (SSSR count). The number of hydrogen-bond donors (Lipinski definition) is 0. The third-order valence-electron chi connectivity index (χ3n) is 4.86. The number of thioether (sulfide) groups is 1. The van der Waals surface area contributed by atoms with E-state index >= 15 is 0 Å². The second-order valence-electron chi connectivity index (χ2n) is 7.85. The number of benzene rings is 2. The van der Waals surface area contributed by atoms with Crippen LogP contribution in [0.25, 0.3) is 10.2 Å². The van der Waals surface area contributed by atoms with E-state index in [-0.39, 0.29) is 5.91 Å². The van der Waals surface area contributed by atoms with Gasteiger partial charge >= 0.3 is 0 Å². The Morgan fingerprint density at radius 2 is 2.03 bits per heavy atom. The van der Waals surface area contributed by atoms with E-state index < -0.39 is 0 Å². The normalized spacial score (nSPS) is 11.4. The quantitative estimate of drug-likeness (QED) is 0.326. The number of nitrogens with zero attached hydrogens (tertiary/aromatic N) is 4. The summed E-state index contributed by atoms with van der Waals surface area (Å²) >= 11 is 3.33. The molecule has 0 aliphatic carbocycles. The third-order valence-corrected chi connectivity index (χ3v) is 6.88. The summed E-state index contributed by atoms with van der Waals surface area (Å²) in [5.74, 6) is -0.0354. The van der Waals surface area contributed by atoms with E-state index in [1.807, 2.05) is 35.1 Å². The summed E-state index contributed by atoms with van der Waals surface area (Å²) in [5.41, 5.74) is 3.98. The summed E-state index contributed by atoms with van der Waals surface area (Å²) in [5, 5.41) is 5.47. The van der Waals surface area contributed by atoms with E-state index in [0.717, 1.165) is 25.8 Å². The van der Waals surface area contributed by atoms with Crippen LogP contribution in [0.3, 0.4) is 0 Å². The zero-order chi connectivity index (χ0) is 22.0. The number of carbonyl (C=O) groups is 1. The Hall–Kier alpha value is -2.64. The number of thiazole rings is 1. The van der Waals surface area contributed by atoms with Crippen LogP contribution in [0.1, 0.15) is 35.3 Å². The molecule has 160 valence electrons. The van der Waals surface area contributed by atoms with Crippen molar-refractivity contribution in [3.63, 3.8) is 0 Å². The lowest BCUT2D eigenvalue weighted by molar-refractivity contribution is 0.0985. The molecule has 0 N–H and O–H groups in total. The molecule has 7 heteroatoms. The first-order valence-corrected chi connectivity index (χ1v) is 12.0. The zero-order valence-corrected chi connectivity index (χ0v) is 19.8. The fourth-order valence-corrected chi connectivity index (χ4v) is 5.59. The maximum atomic E-state index is 13.6. The highest BCUT2D eigenvalue weighted by molar-refractivity contribution is 7.99. The Bertz CT molecular complexity index is 1200. The lowest BCUT2D eigenvalue weighted by Gasteiger charge is -2.20. The maximum Gasteiger partial charge on any atom is 0.260 e. The second-order valence-corrected chi connectivity index (χ2v) is 10.5.